The van der Waals surface area contributed by atoms with E-state index in [1.807, 2.05) is 18.2 Å². The van der Waals surface area contributed by atoms with Crippen LogP contribution in [-0.2, 0) is 6.42 Å². The summed E-state index contributed by atoms with van der Waals surface area (Å²) in [7, 11) is 0. The van der Waals surface area contributed by atoms with E-state index in [1.54, 1.807) is 0 Å². The van der Waals surface area contributed by atoms with E-state index in [1.165, 1.54) is 50.1 Å². The van der Waals surface area contributed by atoms with Crippen LogP contribution in [0.15, 0.2) is 200 Å². The molecule has 55 heavy (non-hydrogen) atoms. The molecule has 10 rings (SSSR count). The Bertz CT molecular complexity index is 2770. The molecule has 8 aromatic carbocycles. The molecule has 1 aromatic heterocycles. The zero-order chi connectivity index (χ0) is 36.6. The Morgan fingerprint density at radius 1 is 0.236 bits per heavy atom. The molecule has 0 unspecified atom stereocenters. The second-order valence-corrected chi connectivity index (χ2v) is 14.1. The summed E-state index contributed by atoms with van der Waals surface area (Å²) in [5.74, 6) is 1.97. The van der Waals surface area contributed by atoms with E-state index >= 15 is 0 Å². The molecule has 0 fully saturated rings. The average molecular weight is 702 g/mol. The molecule has 3 heteroatoms. The maximum Gasteiger partial charge on any atom is 0.164 e. The van der Waals surface area contributed by atoms with E-state index in [4.69, 9.17) is 15.0 Å². The Kier molecular flexibility index (Phi) is 8.23. The van der Waals surface area contributed by atoms with Gasteiger partial charge in [0.15, 0.2) is 17.5 Å². The first-order chi connectivity index (χ1) is 27.2. The fraction of sp³-hybridized carbons (Fsp3) is 0.0192. The highest BCUT2D eigenvalue weighted by Gasteiger charge is 2.20. The number of nitrogens with zero attached hydrogens (tertiary/aromatic N) is 3. The van der Waals surface area contributed by atoms with E-state index in [9.17, 15) is 0 Å². The van der Waals surface area contributed by atoms with E-state index < -0.39 is 0 Å². The van der Waals surface area contributed by atoms with Crippen LogP contribution in [0, 0.1) is 0 Å². The molecule has 0 atom stereocenters. The first-order valence-electron chi connectivity index (χ1n) is 18.7. The molecule has 0 N–H and O–H groups in total. The highest BCUT2D eigenvalue weighted by Crippen LogP contribution is 2.39. The highest BCUT2D eigenvalue weighted by atomic mass is 15.0. The Labute approximate surface area is 321 Å². The lowest BCUT2D eigenvalue weighted by Gasteiger charge is -2.13. The zero-order valence-corrected chi connectivity index (χ0v) is 30.1. The lowest BCUT2D eigenvalue weighted by atomic mass is 9.92. The molecule has 0 radical (unpaired) electrons. The minimum atomic E-state index is 0.647. The summed E-state index contributed by atoms with van der Waals surface area (Å²) in [4.78, 5) is 15.2. The SMILES string of the molecule is c1ccc(-c2cc(-c3ccccc3)cc(-c3cccc(-c4cccc(-c5nc(-c6ccccc6)nc(-c6ccc7c(c6)Cc6ccccc6-7)n5)c4)c3)c2)cc1. The van der Waals surface area contributed by atoms with Crippen LogP contribution in [0.5, 0.6) is 0 Å². The van der Waals surface area contributed by atoms with Gasteiger partial charge >= 0.3 is 0 Å². The fourth-order valence-electron chi connectivity index (χ4n) is 7.74. The molecule has 258 valence electrons. The zero-order valence-electron chi connectivity index (χ0n) is 30.1. The largest absolute Gasteiger partial charge is 0.208 e. The summed E-state index contributed by atoms with van der Waals surface area (Å²) in [6.07, 6.45) is 0.911. The number of benzene rings is 8. The van der Waals surface area contributed by atoms with E-state index in [-0.39, 0.29) is 0 Å². The molecule has 0 spiro atoms. The number of rotatable bonds is 7. The summed E-state index contributed by atoms with van der Waals surface area (Å²) in [6.45, 7) is 0. The van der Waals surface area contributed by atoms with E-state index in [0.29, 0.717) is 17.5 Å². The third-order valence-corrected chi connectivity index (χ3v) is 10.5. The molecule has 1 heterocycles. The average Bonchev–Trinajstić information content (AvgIpc) is 3.65. The maximum absolute atomic E-state index is 5.13. The third-order valence-electron chi connectivity index (χ3n) is 10.5. The second kappa shape index (κ2) is 14.0. The molecule has 1 aliphatic carbocycles. The van der Waals surface area contributed by atoms with Crippen molar-refractivity contribution in [1.82, 2.24) is 15.0 Å². The van der Waals surface area contributed by atoms with Crippen LogP contribution in [0.3, 0.4) is 0 Å². The predicted molar refractivity (Wildman–Crippen MR) is 226 cm³/mol. The lowest BCUT2D eigenvalue weighted by molar-refractivity contribution is 1.07. The van der Waals surface area contributed by atoms with Gasteiger partial charge < -0.3 is 0 Å². The van der Waals surface area contributed by atoms with E-state index in [2.05, 4.69) is 182 Å². The van der Waals surface area contributed by atoms with Crippen LogP contribution in [0.2, 0.25) is 0 Å². The lowest BCUT2D eigenvalue weighted by Crippen LogP contribution is -2.00. The topological polar surface area (TPSA) is 38.7 Å². The van der Waals surface area contributed by atoms with Crippen molar-refractivity contribution in [3.8, 4) is 89.8 Å². The molecular formula is C52H35N3. The van der Waals surface area contributed by atoms with Gasteiger partial charge in [-0.1, -0.05) is 164 Å². The van der Waals surface area contributed by atoms with Gasteiger partial charge in [0.25, 0.3) is 0 Å². The van der Waals surface area contributed by atoms with Crippen LogP contribution < -0.4 is 0 Å². The van der Waals surface area contributed by atoms with Crippen molar-refractivity contribution < 1.29 is 0 Å². The van der Waals surface area contributed by atoms with Crippen molar-refractivity contribution in [2.24, 2.45) is 0 Å². The summed E-state index contributed by atoms with van der Waals surface area (Å²) < 4.78 is 0. The standard InChI is InChI=1S/C52H35N3/c1-4-14-35(15-5-1)44-32-45(36-16-6-2-7-17-36)34-46(33-44)40-23-12-21-38(28-40)39-22-13-24-42(29-39)51-53-50(37-18-8-3-9-19-37)54-52(55-51)43-26-27-49-47(31-43)30-41-20-10-11-25-48(41)49/h1-29,31-34H,30H2. The van der Waals surface area contributed by atoms with Gasteiger partial charge in [-0.2, -0.15) is 0 Å². The Hall–Kier alpha value is -7.23. The minimum Gasteiger partial charge on any atom is -0.208 e. The summed E-state index contributed by atoms with van der Waals surface area (Å²) in [6, 6.07) is 70.9. The van der Waals surface area contributed by atoms with Gasteiger partial charge in [0.05, 0.1) is 0 Å². The summed E-state index contributed by atoms with van der Waals surface area (Å²) >= 11 is 0. The Morgan fingerprint density at radius 3 is 1.22 bits per heavy atom. The van der Waals surface area contributed by atoms with Crippen molar-refractivity contribution in [1.29, 1.82) is 0 Å². The van der Waals surface area contributed by atoms with Gasteiger partial charge in [-0.3, -0.25) is 0 Å². The number of aromatic nitrogens is 3. The van der Waals surface area contributed by atoms with Crippen molar-refractivity contribution in [3.63, 3.8) is 0 Å². The quantitative estimate of drug-likeness (QED) is 0.166. The first kappa shape index (κ1) is 32.4. The van der Waals surface area contributed by atoms with Gasteiger partial charge in [0.2, 0.25) is 0 Å². The van der Waals surface area contributed by atoms with Crippen LogP contribution >= 0.6 is 0 Å². The highest BCUT2D eigenvalue weighted by molar-refractivity contribution is 5.84. The summed E-state index contributed by atoms with van der Waals surface area (Å²) in [5.41, 5.74) is 17.5. The first-order valence-corrected chi connectivity index (χ1v) is 18.7. The second-order valence-electron chi connectivity index (χ2n) is 14.1. The van der Waals surface area contributed by atoms with Gasteiger partial charge in [0.1, 0.15) is 0 Å². The molecule has 0 bridgehead atoms. The van der Waals surface area contributed by atoms with Crippen LogP contribution in [0.1, 0.15) is 11.1 Å². The Balaban J connectivity index is 1.04. The van der Waals surface area contributed by atoms with Crippen LogP contribution in [0.4, 0.5) is 0 Å². The van der Waals surface area contributed by atoms with Crippen molar-refractivity contribution in [3.05, 3.63) is 211 Å². The van der Waals surface area contributed by atoms with Crippen LogP contribution in [0.25, 0.3) is 89.8 Å². The number of hydrogen-bond acceptors (Lipinski definition) is 3. The molecule has 0 saturated heterocycles. The molecular weight excluding hydrogens is 667 g/mol. The molecule has 9 aromatic rings. The number of fused-ring (bicyclic) bond motifs is 3. The smallest absolute Gasteiger partial charge is 0.164 e. The van der Waals surface area contributed by atoms with Crippen molar-refractivity contribution in [2.45, 2.75) is 6.42 Å². The molecule has 3 nitrogen and oxygen atoms in total. The molecule has 0 amide bonds. The summed E-state index contributed by atoms with van der Waals surface area (Å²) in [5, 5.41) is 0. The van der Waals surface area contributed by atoms with Gasteiger partial charge in [-0.25, -0.2) is 15.0 Å². The normalized spacial score (nSPS) is 11.6. The minimum absolute atomic E-state index is 0.647. The van der Waals surface area contributed by atoms with Crippen LogP contribution in [-0.4, -0.2) is 15.0 Å². The van der Waals surface area contributed by atoms with Gasteiger partial charge in [-0.15, -0.1) is 0 Å². The fourth-order valence-corrected chi connectivity index (χ4v) is 7.74. The molecule has 0 aliphatic heterocycles. The number of hydrogen-bond donors (Lipinski definition) is 0. The van der Waals surface area contributed by atoms with Crippen molar-refractivity contribution in [2.75, 3.05) is 0 Å². The Morgan fingerprint density at radius 2 is 0.618 bits per heavy atom. The third kappa shape index (κ3) is 6.43. The van der Waals surface area contributed by atoms with Gasteiger partial charge in [-0.05, 0) is 110 Å². The molecule has 0 saturated carbocycles. The van der Waals surface area contributed by atoms with Gasteiger partial charge in [0, 0.05) is 16.7 Å². The van der Waals surface area contributed by atoms with E-state index in [0.717, 1.165) is 39.8 Å². The predicted octanol–water partition coefficient (Wildman–Crippen LogP) is 13.1. The molecule has 1 aliphatic rings. The maximum atomic E-state index is 5.13. The van der Waals surface area contributed by atoms with Crippen molar-refractivity contribution >= 4 is 0 Å². The monoisotopic (exact) mass is 701 g/mol.